The zero-order valence-corrected chi connectivity index (χ0v) is 19.9. The third kappa shape index (κ3) is 4.18. The Balaban J connectivity index is 1.51. The first-order valence-electron chi connectivity index (χ1n) is 11.9. The van der Waals surface area contributed by atoms with Gasteiger partial charge in [0, 0.05) is 42.8 Å². The van der Waals surface area contributed by atoms with E-state index in [1.54, 1.807) is 28.7 Å². The molecule has 2 aliphatic rings. The number of aliphatic hydroxyl groups excluding tert-OH is 1. The minimum absolute atomic E-state index is 0.0119. The number of amides is 1. The summed E-state index contributed by atoms with van der Waals surface area (Å²) < 4.78 is 1.69. The van der Waals surface area contributed by atoms with Gasteiger partial charge in [-0.25, -0.2) is 9.97 Å². The number of pyridine rings is 2. The van der Waals surface area contributed by atoms with Gasteiger partial charge >= 0.3 is 0 Å². The van der Waals surface area contributed by atoms with Crippen molar-refractivity contribution in [2.24, 2.45) is 0 Å². The van der Waals surface area contributed by atoms with Gasteiger partial charge in [0.25, 0.3) is 5.56 Å². The monoisotopic (exact) mass is 476 g/mol. The summed E-state index contributed by atoms with van der Waals surface area (Å²) in [6.45, 7) is 3.61. The summed E-state index contributed by atoms with van der Waals surface area (Å²) >= 11 is 0. The molecule has 0 atom stereocenters. The number of hydrogen-bond acceptors (Lipinski definition) is 8. The molecule has 182 valence electrons. The molecular weight excluding hydrogens is 448 g/mol. The lowest BCUT2D eigenvalue weighted by molar-refractivity contribution is -0.135. The number of aliphatic hydroxyl groups is 1. The van der Waals surface area contributed by atoms with Gasteiger partial charge in [-0.3, -0.25) is 19.0 Å². The van der Waals surface area contributed by atoms with Crippen molar-refractivity contribution in [3.63, 3.8) is 0 Å². The summed E-state index contributed by atoms with van der Waals surface area (Å²) in [5, 5.41) is 13.0. The van der Waals surface area contributed by atoms with Crippen LogP contribution in [0.25, 0.3) is 11.0 Å². The highest BCUT2D eigenvalue weighted by Crippen LogP contribution is 2.32. The van der Waals surface area contributed by atoms with Gasteiger partial charge in [-0.05, 0) is 43.9 Å². The molecule has 35 heavy (non-hydrogen) atoms. The Bertz CT molecular complexity index is 1390. The molecule has 3 aromatic rings. The molecule has 5 rings (SSSR count). The van der Waals surface area contributed by atoms with Crippen LogP contribution in [0.5, 0.6) is 0 Å². The average molecular weight is 477 g/mol. The molecule has 0 bridgehead atoms. The van der Waals surface area contributed by atoms with Crippen LogP contribution in [0.15, 0.2) is 23.1 Å². The number of carbonyl (C=O) groups excluding carboxylic acids is 2. The van der Waals surface area contributed by atoms with Gasteiger partial charge < -0.3 is 15.3 Å². The highest BCUT2D eigenvalue weighted by Gasteiger charge is 2.26. The number of nitrogens with zero attached hydrogens (tertiary/aromatic N) is 5. The molecule has 1 aliphatic carbocycles. The molecule has 4 heterocycles. The van der Waals surface area contributed by atoms with Crippen molar-refractivity contribution in [2.75, 3.05) is 18.5 Å². The predicted octanol–water partition coefficient (Wildman–Crippen LogP) is 2.43. The lowest BCUT2D eigenvalue weighted by atomic mass is 10.0. The number of carbonyl (C=O) groups is 2. The molecule has 0 saturated heterocycles. The van der Waals surface area contributed by atoms with Crippen LogP contribution >= 0.6 is 0 Å². The van der Waals surface area contributed by atoms with Crippen LogP contribution in [0.4, 0.5) is 11.8 Å². The smallest absolute Gasteiger partial charge is 0.263 e. The Hall–Kier alpha value is -3.66. The normalized spacial score (nSPS) is 15.9. The van der Waals surface area contributed by atoms with Crippen molar-refractivity contribution in [1.82, 2.24) is 24.4 Å². The summed E-state index contributed by atoms with van der Waals surface area (Å²) in [5.41, 5.74) is 2.87. The van der Waals surface area contributed by atoms with E-state index < -0.39 is 6.61 Å². The van der Waals surface area contributed by atoms with Gasteiger partial charge in [0.2, 0.25) is 11.9 Å². The minimum atomic E-state index is -0.499. The van der Waals surface area contributed by atoms with Gasteiger partial charge in [-0.2, -0.15) is 4.98 Å². The van der Waals surface area contributed by atoms with Crippen LogP contribution in [0.3, 0.4) is 0 Å². The Morgan fingerprint density at radius 1 is 1.20 bits per heavy atom. The number of rotatable bonds is 5. The number of anilines is 2. The number of aryl methyl sites for hydroxylation is 1. The van der Waals surface area contributed by atoms with Crippen molar-refractivity contribution in [2.45, 2.75) is 58.5 Å². The number of hydrogen-bond donors (Lipinski definition) is 2. The lowest BCUT2D eigenvalue weighted by Gasteiger charge is -2.28. The molecule has 10 heteroatoms. The molecule has 1 fully saturated rings. The second kappa shape index (κ2) is 9.18. The molecule has 10 nitrogen and oxygen atoms in total. The topological polar surface area (TPSA) is 130 Å². The third-order valence-electron chi connectivity index (χ3n) is 7.03. The fraction of sp³-hybridized carbons (Fsp3) is 0.440. The van der Waals surface area contributed by atoms with Crippen molar-refractivity contribution >= 4 is 34.5 Å². The molecule has 2 N–H and O–H groups in total. The fourth-order valence-corrected chi connectivity index (χ4v) is 5.22. The van der Waals surface area contributed by atoms with Gasteiger partial charge in [0.05, 0.1) is 5.56 Å². The van der Waals surface area contributed by atoms with Gasteiger partial charge in [-0.1, -0.05) is 18.9 Å². The Kier molecular flexibility index (Phi) is 6.06. The van der Waals surface area contributed by atoms with Crippen LogP contribution in [0.2, 0.25) is 0 Å². The minimum Gasteiger partial charge on any atom is -0.387 e. The van der Waals surface area contributed by atoms with Gasteiger partial charge in [0.15, 0.2) is 5.78 Å². The first kappa shape index (κ1) is 23.1. The number of fused-ring (bicyclic) bond motifs is 2. The van der Waals surface area contributed by atoms with Crippen molar-refractivity contribution in [1.29, 1.82) is 0 Å². The van der Waals surface area contributed by atoms with Gasteiger partial charge in [0.1, 0.15) is 18.1 Å². The summed E-state index contributed by atoms with van der Waals surface area (Å²) in [6, 6.07) is 3.71. The van der Waals surface area contributed by atoms with E-state index >= 15 is 0 Å². The van der Waals surface area contributed by atoms with Crippen LogP contribution in [-0.2, 0) is 17.8 Å². The maximum Gasteiger partial charge on any atom is 0.263 e. The van der Waals surface area contributed by atoms with E-state index in [0.717, 1.165) is 36.9 Å². The molecule has 0 unspecified atom stereocenters. The second-order valence-corrected chi connectivity index (χ2v) is 9.25. The largest absolute Gasteiger partial charge is 0.387 e. The van der Waals surface area contributed by atoms with Gasteiger partial charge in [-0.15, -0.1) is 0 Å². The highest BCUT2D eigenvalue weighted by molar-refractivity contribution is 5.99. The van der Waals surface area contributed by atoms with E-state index in [-0.39, 0.29) is 28.9 Å². The quantitative estimate of drug-likeness (QED) is 0.537. The first-order valence-corrected chi connectivity index (χ1v) is 11.9. The molecule has 1 amide bonds. The highest BCUT2D eigenvalue weighted by atomic mass is 16.3. The zero-order valence-electron chi connectivity index (χ0n) is 19.9. The van der Waals surface area contributed by atoms with E-state index in [0.29, 0.717) is 47.9 Å². The lowest BCUT2D eigenvalue weighted by Crippen LogP contribution is -2.37. The standard InChI is InChI=1S/C25H28N6O4/c1-14-18-11-26-25(28-20-8-7-16-12-30(21(34)13-32)10-9-19(16)27-20)29-23(18)31(17-5-3-4-6-17)24(35)22(14)15(2)33/h7-8,11,17,32H,3-6,9-10,12-13H2,1-2H3,(H,26,27,28,29). The Morgan fingerprint density at radius 3 is 2.69 bits per heavy atom. The predicted molar refractivity (Wildman–Crippen MR) is 130 cm³/mol. The van der Waals surface area contributed by atoms with E-state index in [4.69, 9.17) is 10.1 Å². The van der Waals surface area contributed by atoms with E-state index in [1.165, 1.54) is 6.92 Å². The number of aromatic nitrogens is 4. The second-order valence-electron chi connectivity index (χ2n) is 9.25. The van der Waals surface area contributed by atoms with E-state index in [2.05, 4.69) is 15.3 Å². The number of ketones is 1. The Labute approximate surface area is 202 Å². The van der Waals surface area contributed by atoms with Crippen molar-refractivity contribution in [3.05, 3.63) is 51.1 Å². The van der Waals surface area contributed by atoms with Crippen LogP contribution < -0.4 is 10.9 Å². The third-order valence-corrected chi connectivity index (χ3v) is 7.03. The van der Waals surface area contributed by atoms with E-state index in [9.17, 15) is 14.4 Å². The maximum absolute atomic E-state index is 13.4. The maximum atomic E-state index is 13.4. The molecule has 1 saturated carbocycles. The van der Waals surface area contributed by atoms with E-state index in [1.807, 2.05) is 6.07 Å². The molecular formula is C25H28N6O4. The SMILES string of the molecule is CC(=O)c1c(C)c2cnc(Nc3ccc4c(n3)CCN(C(=O)CO)C4)nc2n(C2CCCC2)c1=O. The summed E-state index contributed by atoms with van der Waals surface area (Å²) in [5.74, 6) is 0.343. The molecule has 0 aromatic carbocycles. The van der Waals surface area contributed by atoms with Crippen LogP contribution in [0.1, 0.15) is 65.8 Å². The van der Waals surface area contributed by atoms with Crippen molar-refractivity contribution in [3.8, 4) is 0 Å². The fourth-order valence-electron chi connectivity index (χ4n) is 5.22. The number of Topliss-reactive ketones (excluding diaryl/α,β-unsaturated/α-hetero) is 1. The summed E-state index contributed by atoms with van der Waals surface area (Å²) in [7, 11) is 0. The van der Waals surface area contributed by atoms with Crippen LogP contribution in [0, 0.1) is 6.92 Å². The Morgan fingerprint density at radius 2 is 1.97 bits per heavy atom. The zero-order chi connectivity index (χ0) is 24.7. The first-order chi connectivity index (χ1) is 16.9. The van der Waals surface area contributed by atoms with Crippen molar-refractivity contribution < 1.29 is 14.7 Å². The average Bonchev–Trinajstić information content (AvgIpc) is 3.37. The molecule has 3 aromatic heterocycles. The summed E-state index contributed by atoms with van der Waals surface area (Å²) in [4.78, 5) is 52.9. The molecule has 0 radical (unpaired) electrons. The summed E-state index contributed by atoms with van der Waals surface area (Å²) in [6.07, 6.45) is 6.09. The molecule has 0 spiro atoms. The van der Waals surface area contributed by atoms with Crippen LogP contribution in [-0.4, -0.2) is 54.4 Å². The number of nitrogens with one attached hydrogen (secondary N) is 1. The molecule has 1 aliphatic heterocycles.